The Morgan fingerprint density at radius 2 is 2.00 bits per heavy atom. The molecule has 1 atom stereocenters. The highest BCUT2D eigenvalue weighted by Crippen LogP contribution is 2.30. The summed E-state index contributed by atoms with van der Waals surface area (Å²) < 4.78 is 5.53. The van der Waals surface area contributed by atoms with E-state index in [9.17, 15) is 14.7 Å². The van der Waals surface area contributed by atoms with Crippen LogP contribution in [0.5, 0.6) is 5.75 Å². The minimum atomic E-state index is -1.02. The van der Waals surface area contributed by atoms with Crippen LogP contribution in [0.4, 0.5) is 0 Å². The Bertz CT molecular complexity index is 771. The topological polar surface area (TPSA) is 66.8 Å². The lowest BCUT2D eigenvalue weighted by atomic mass is 9.92. The summed E-state index contributed by atoms with van der Waals surface area (Å²) in [5.41, 5.74) is 2.70. The third-order valence-corrected chi connectivity index (χ3v) is 4.19. The van der Waals surface area contributed by atoms with Gasteiger partial charge in [0.2, 0.25) is 0 Å². The molecule has 1 amide bonds. The molecule has 0 radical (unpaired) electrons. The van der Waals surface area contributed by atoms with Gasteiger partial charge in [0.25, 0.3) is 5.91 Å². The predicted octanol–water partition coefficient (Wildman–Crippen LogP) is 2.58. The molecular formula is C19H19NO4. The van der Waals surface area contributed by atoms with Crippen LogP contribution >= 0.6 is 0 Å². The van der Waals surface area contributed by atoms with Gasteiger partial charge >= 0.3 is 5.97 Å². The second kappa shape index (κ2) is 6.74. The van der Waals surface area contributed by atoms with E-state index in [0.29, 0.717) is 24.3 Å². The molecular weight excluding hydrogens is 306 g/mol. The number of benzene rings is 2. The standard InChI is InChI=1S/C19H19NO4/c1-13-5-4-7-15(11-13)24-12-17(21)20-10-9-14-6-2-3-8-16(14)18(20)19(22)23/h2-8,11,18H,9-10,12H2,1H3,(H,22,23). The van der Waals surface area contributed by atoms with E-state index >= 15 is 0 Å². The molecule has 124 valence electrons. The first-order valence-corrected chi connectivity index (χ1v) is 7.86. The smallest absolute Gasteiger partial charge is 0.331 e. The highest BCUT2D eigenvalue weighted by atomic mass is 16.5. The summed E-state index contributed by atoms with van der Waals surface area (Å²) >= 11 is 0. The zero-order valence-corrected chi connectivity index (χ0v) is 13.4. The van der Waals surface area contributed by atoms with Crippen molar-refractivity contribution in [1.82, 2.24) is 4.90 Å². The second-order valence-corrected chi connectivity index (χ2v) is 5.88. The molecule has 1 aliphatic heterocycles. The number of fused-ring (bicyclic) bond motifs is 1. The molecule has 0 saturated carbocycles. The average Bonchev–Trinajstić information content (AvgIpc) is 2.58. The van der Waals surface area contributed by atoms with Crippen LogP contribution in [-0.2, 0) is 16.0 Å². The van der Waals surface area contributed by atoms with Crippen LogP contribution in [-0.4, -0.2) is 35.0 Å². The Hall–Kier alpha value is -2.82. The van der Waals surface area contributed by atoms with Crippen molar-refractivity contribution >= 4 is 11.9 Å². The number of ether oxygens (including phenoxy) is 1. The Labute approximate surface area is 140 Å². The van der Waals surface area contributed by atoms with Crippen LogP contribution in [0.15, 0.2) is 48.5 Å². The number of rotatable bonds is 4. The number of carboxylic acids is 1. The number of aryl methyl sites for hydroxylation is 1. The minimum Gasteiger partial charge on any atom is -0.484 e. The summed E-state index contributed by atoms with van der Waals surface area (Å²) in [5, 5.41) is 9.59. The maximum Gasteiger partial charge on any atom is 0.331 e. The van der Waals surface area contributed by atoms with E-state index in [1.165, 1.54) is 4.90 Å². The predicted molar refractivity (Wildman–Crippen MR) is 88.9 cm³/mol. The van der Waals surface area contributed by atoms with Gasteiger partial charge in [-0.05, 0) is 42.2 Å². The van der Waals surface area contributed by atoms with Gasteiger partial charge in [0.1, 0.15) is 5.75 Å². The molecule has 1 N–H and O–H groups in total. The van der Waals surface area contributed by atoms with Crippen molar-refractivity contribution < 1.29 is 19.4 Å². The first-order chi connectivity index (χ1) is 11.6. The quantitative estimate of drug-likeness (QED) is 0.938. The molecule has 5 nitrogen and oxygen atoms in total. The van der Waals surface area contributed by atoms with Gasteiger partial charge in [-0.25, -0.2) is 4.79 Å². The van der Waals surface area contributed by atoms with Crippen molar-refractivity contribution in [3.05, 3.63) is 65.2 Å². The van der Waals surface area contributed by atoms with Gasteiger partial charge in [-0.2, -0.15) is 0 Å². The van der Waals surface area contributed by atoms with Crippen molar-refractivity contribution in [3.8, 4) is 5.75 Å². The number of hydrogen-bond acceptors (Lipinski definition) is 3. The average molecular weight is 325 g/mol. The monoisotopic (exact) mass is 325 g/mol. The van der Waals surface area contributed by atoms with E-state index in [4.69, 9.17) is 4.74 Å². The Morgan fingerprint density at radius 1 is 1.21 bits per heavy atom. The third-order valence-electron chi connectivity index (χ3n) is 4.19. The molecule has 1 unspecified atom stereocenters. The van der Waals surface area contributed by atoms with Crippen molar-refractivity contribution in [2.45, 2.75) is 19.4 Å². The minimum absolute atomic E-state index is 0.171. The molecule has 24 heavy (non-hydrogen) atoms. The molecule has 0 aliphatic carbocycles. The highest BCUT2D eigenvalue weighted by molar-refractivity contribution is 5.86. The summed E-state index contributed by atoms with van der Waals surface area (Å²) in [6, 6.07) is 13.8. The molecule has 2 aromatic carbocycles. The van der Waals surface area contributed by atoms with Crippen molar-refractivity contribution in [2.24, 2.45) is 0 Å². The molecule has 0 saturated heterocycles. The summed E-state index contributed by atoms with van der Waals surface area (Å²) in [6.07, 6.45) is 0.649. The van der Waals surface area contributed by atoms with Crippen LogP contribution in [0.25, 0.3) is 0 Å². The van der Waals surface area contributed by atoms with Crippen molar-refractivity contribution in [2.75, 3.05) is 13.2 Å². The first kappa shape index (κ1) is 16.1. The maximum absolute atomic E-state index is 12.5. The summed E-state index contributed by atoms with van der Waals surface area (Å²) in [6.45, 7) is 2.15. The Kier molecular flexibility index (Phi) is 4.51. The van der Waals surface area contributed by atoms with E-state index in [1.807, 2.05) is 37.3 Å². The molecule has 1 aliphatic rings. The summed E-state index contributed by atoms with van der Waals surface area (Å²) in [7, 11) is 0. The van der Waals surface area contributed by atoms with Crippen LogP contribution in [0, 0.1) is 6.92 Å². The fraction of sp³-hybridized carbons (Fsp3) is 0.263. The third kappa shape index (κ3) is 3.25. The van der Waals surface area contributed by atoms with Gasteiger partial charge in [0.05, 0.1) is 0 Å². The van der Waals surface area contributed by atoms with E-state index < -0.39 is 12.0 Å². The number of carbonyl (C=O) groups excluding carboxylic acids is 1. The van der Waals surface area contributed by atoms with Gasteiger partial charge in [-0.15, -0.1) is 0 Å². The largest absolute Gasteiger partial charge is 0.484 e. The lowest BCUT2D eigenvalue weighted by Crippen LogP contribution is -2.45. The fourth-order valence-electron chi connectivity index (χ4n) is 3.03. The molecule has 0 aromatic heterocycles. The van der Waals surface area contributed by atoms with Gasteiger partial charge in [-0.3, -0.25) is 4.79 Å². The number of amides is 1. The zero-order chi connectivity index (χ0) is 17.1. The molecule has 2 aromatic rings. The normalized spacial score (nSPS) is 16.4. The zero-order valence-electron chi connectivity index (χ0n) is 13.4. The lowest BCUT2D eigenvalue weighted by molar-refractivity contribution is -0.152. The highest BCUT2D eigenvalue weighted by Gasteiger charge is 2.35. The number of carbonyl (C=O) groups is 2. The number of nitrogens with zero attached hydrogens (tertiary/aromatic N) is 1. The van der Waals surface area contributed by atoms with Gasteiger partial charge < -0.3 is 14.7 Å². The van der Waals surface area contributed by atoms with Crippen LogP contribution < -0.4 is 4.74 Å². The van der Waals surface area contributed by atoms with Crippen LogP contribution in [0.1, 0.15) is 22.7 Å². The van der Waals surface area contributed by atoms with E-state index in [-0.39, 0.29) is 12.5 Å². The summed E-state index contributed by atoms with van der Waals surface area (Å²) in [4.78, 5) is 25.6. The lowest BCUT2D eigenvalue weighted by Gasteiger charge is -2.34. The molecule has 1 heterocycles. The van der Waals surface area contributed by atoms with Gasteiger partial charge in [0.15, 0.2) is 12.6 Å². The van der Waals surface area contributed by atoms with Gasteiger partial charge in [0, 0.05) is 6.54 Å². The number of carboxylic acid groups (broad SMARTS) is 1. The van der Waals surface area contributed by atoms with E-state index in [1.54, 1.807) is 18.2 Å². The SMILES string of the molecule is Cc1cccc(OCC(=O)N2CCc3ccccc3C2C(=O)O)c1. The van der Waals surface area contributed by atoms with Crippen molar-refractivity contribution in [3.63, 3.8) is 0 Å². The molecule has 0 bridgehead atoms. The summed E-state index contributed by atoms with van der Waals surface area (Å²) in [5.74, 6) is -0.739. The first-order valence-electron chi connectivity index (χ1n) is 7.86. The number of aliphatic carboxylic acids is 1. The molecule has 0 spiro atoms. The van der Waals surface area contributed by atoms with E-state index in [0.717, 1.165) is 11.1 Å². The Balaban J connectivity index is 1.75. The van der Waals surface area contributed by atoms with Gasteiger partial charge in [-0.1, -0.05) is 36.4 Å². The molecule has 5 heteroatoms. The van der Waals surface area contributed by atoms with E-state index in [2.05, 4.69) is 0 Å². The molecule has 0 fully saturated rings. The second-order valence-electron chi connectivity index (χ2n) is 5.88. The molecule has 3 rings (SSSR count). The van der Waals surface area contributed by atoms with Crippen molar-refractivity contribution in [1.29, 1.82) is 0 Å². The number of hydrogen-bond donors (Lipinski definition) is 1. The van der Waals surface area contributed by atoms with Crippen LogP contribution in [0.3, 0.4) is 0 Å². The maximum atomic E-state index is 12.5. The Morgan fingerprint density at radius 3 is 2.75 bits per heavy atom. The van der Waals surface area contributed by atoms with Crippen LogP contribution in [0.2, 0.25) is 0 Å². The fourth-order valence-corrected chi connectivity index (χ4v) is 3.03.